The quantitative estimate of drug-likeness (QED) is 0.579. The van der Waals surface area contributed by atoms with Crippen LogP contribution in [0.2, 0.25) is 10.0 Å². The van der Waals surface area contributed by atoms with Crippen LogP contribution in [0.15, 0.2) is 53.1 Å². The summed E-state index contributed by atoms with van der Waals surface area (Å²) in [4.78, 5) is 26.0. The number of halogens is 3. The van der Waals surface area contributed by atoms with E-state index in [0.29, 0.717) is 21.3 Å². The summed E-state index contributed by atoms with van der Waals surface area (Å²) in [5.41, 5.74) is 5.94. The largest absolute Gasteiger partial charge is 0.365 e. The maximum absolute atomic E-state index is 13.3. The predicted octanol–water partition coefficient (Wildman–Crippen LogP) is 4.04. The van der Waals surface area contributed by atoms with Gasteiger partial charge in [-0.3, -0.25) is 14.5 Å². The minimum atomic E-state index is -0.952. The smallest absolute Gasteiger partial charge is 0.262 e. The van der Waals surface area contributed by atoms with Gasteiger partial charge in [0, 0.05) is 15.7 Å². The number of carbonyl (C=O) groups excluding carboxylic acids is 2. The molecule has 142 valence electrons. The first-order valence-electron chi connectivity index (χ1n) is 7.96. The third kappa shape index (κ3) is 3.99. The maximum atomic E-state index is 13.3. The molecule has 0 aromatic heterocycles. The van der Waals surface area contributed by atoms with Gasteiger partial charge < -0.3 is 5.73 Å². The van der Waals surface area contributed by atoms with Crippen molar-refractivity contribution in [2.75, 3.05) is 4.90 Å². The van der Waals surface area contributed by atoms with E-state index in [4.69, 9.17) is 28.9 Å². The fourth-order valence-corrected chi connectivity index (χ4v) is 4.42. The lowest BCUT2D eigenvalue weighted by Crippen LogP contribution is -2.31. The van der Waals surface area contributed by atoms with E-state index in [1.807, 2.05) is 0 Å². The SMILES string of the molecule is N#C/C(C(N)=O)=C1/S[C@H](Cc2cc(Cl)ccc2Cl)C(=O)N1c1ccc(F)cc1. The molecule has 1 fully saturated rings. The summed E-state index contributed by atoms with van der Waals surface area (Å²) in [6.45, 7) is 0. The lowest BCUT2D eigenvalue weighted by molar-refractivity contribution is -0.117. The first-order chi connectivity index (χ1) is 13.3. The van der Waals surface area contributed by atoms with Crippen molar-refractivity contribution >= 4 is 52.5 Å². The van der Waals surface area contributed by atoms with Crippen LogP contribution in [0.25, 0.3) is 0 Å². The normalized spacial score (nSPS) is 18.1. The summed E-state index contributed by atoms with van der Waals surface area (Å²) >= 11 is 13.2. The van der Waals surface area contributed by atoms with Crippen LogP contribution in [0.3, 0.4) is 0 Å². The Balaban J connectivity index is 2.05. The van der Waals surface area contributed by atoms with Gasteiger partial charge in [0.05, 0.1) is 5.25 Å². The molecule has 5 nitrogen and oxygen atoms in total. The van der Waals surface area contributed by atoms with Gasteiger partial charge in [-0.15, -0.1) is 0 Å². The van der Waals surface area contributed by atoms with E-state index >= 15 is 0 Å². The number of amides is 2. The Hall–Kier alpha value is -2.53. The third-order valence-electron chi connectivity index (χ3n) is 4.02. The van der Waals surface area contributed by atoms with E-state index in [9.17, 15) is 19.2 Å². The molecule has 2 N–H and O–H groups in total. The monoisotopic (exact) mass is 435 g/mol. The van der Waals surface area contributed by atoms with Crippen molar-refractivity contribution in [1.29, 1.82) is 5.26 Å². The zero-order valence-corrected chi connectivity index (χ0v) is 16.5. The van der Waals surface area contributed by atoms with Gasteiger partial charge in [0.15, 0.2) is 0 Å². The number of anilines is 1. The lowest BCUT2D eigenvalue weighted by atomic mass is 10.1. The molecule has 0 aliphatic carbocycles. The molecule has 1 heterocycles. The van der Waals surface area contributed by atoms with Crippen LogP contribution in [0.1, 0.15) is 5.56 Å². The Bertz CT molecular complexity index is 1030. The summed E-state index contributed by atoms with van der Waals surface area (Å²) in [5.74, 6) is -1.81. The molecule has 9 heteroatoms. The molecule has 2 aromatic carbocycles. The highest BCUT2D eigenvalue weighted by Gasteiger charge is 2.40. The van der Waals surface area contributed by atoms with Crippen LogP contribution in [0, 0.1) is 17.1 Å². The molecule has 1 saturated heterocycles. The number of nitriles is 1. The average Bonchev–Trinajstić information content (AvgIpc) is 2.95. The second-order valence-electron chi connectivity index (χ2n) is 5.85. The van der Waals surface area contributed by atoms with Crippen molar-refractivity contribution in [3.63, 3.8) is 0 Å². The highest BCUT2D eigenvalue weighted by Crippen LogP contribution is 2.42. The van der Waals surface area contributed by atoms with Gasteiger partial charge in [0.2, 0.25) is 5.91 Å². The molecular weight excluding hydrogens is 424 g/mol. The second kappa shape index (κ2) is 8.23. The Morgan fingerprint density at radius 1 is 1.25 bits per heavy atom. The molecule has 1 aliphatic heterocycles. The molecule has 0 spiro atoms. The molecular formula is C19H12Cl2FN3O2S. The van der Waals surface area contributed by atoms with E-state index < -0.39 is 17.0 Å². The van der Waals surface area contributed by atoms with Crippen LogP contribution in [-0.4, -0.2) is 17.1 Å². The van der Waals surface area contributed by atoms with Gasteiger partial charge in [0.25, 0.3) is 5.91 Å². The molecule has 0 unspecified atom stereocenters. The number of hydrogen-bond donors (Lipinski definition) is 1. The summed E-state index contributed by atoms with van der Waals surface area (Å²) in [6.07, 6.45) is 0.224. The zero-order valence-electron chi connectivity index (χ0n) is 14.2. The summed E-state index contributed by atoms with van der Waals surface area (Å²) < 4.78 is 13.3. The van der Waals surface area contributed by atoms with Crippen molar-refractivity contribution in [2.45, 2.75) is 11.7 Å². The van der Waals surface area contributed by atoms with E-state index in [0.717, 1.165) is 11.8 Å². The number of thioether (sulfide) groups is 1. The fourth-order valence-electron chi connectivity index (χ4n) is 2.72. The van der Waals surface area contributed by atoms with Gasteiger partial charge in [-0.25, -0.2) is 4.39 Å². The van der Waals surface area contributed by atoms with E-state index in [1.54, 1.807) is 24.3 Å². The molecule has 3 rings (SSSR count). The Morgan fingerprint density at radius 2 is 1.93 bits per heavy atom. The number of carbonyl (C=O) groups is 2. The average molecular weight is 436 g/mol. The highest BCUT2D eigenvalue weighted by molar-refractivity contribution is 8.05. The first kappa shape index (κ1) is 20.2. The molecule has 1 atom stereocenters. The Kier molecular flexibility index (Phi) is 5.94. The standard InChI is InChI=1S/C19H12Cl2FN3O2S/c20-11-1-6-15(21)10(7-11)8-16-18(27)25(13-4-2-12(22)3-5-13)19(28-16)14(9-23)17(24)26/h1-7,16H,8H2,(H2,24,26)/b19-14-/t16-/m1/s1. The number of rotatable bonds is 4. The molecule has 28 heavy (non-hydrogen) atoms. The summed E-state index contributed by atoms with van der Waals surface area (Å²) in [5, 5.41) is 9.70. The van der Waals surface area contributed by atoms with Crippen LogP contribution < -0.4 is 10.6 Å². The summed E-state index contributed by atoms with van der Waals surface area (Å²) in [6, 6.07) is 11.8. The number of nitrogens with zero attached hydrogens (tertiary/aromatic N) is 2. The predicted molar refractivity (Wildman–Crippen MR) is 107 cm³/mol. The van der Waals surface area contributed by atoms with Crippen molar-refractivity contribution < 1.29 is 14.0 Å². The van der Waals surface area contributed by atoms with Gasteiger partial charge in [-0.2, -0.15) is 5.26 Å². The lowest BCUT2D eigenvalue weighted by Gasteiger charge is -2.18. The van der Waals surface area contributed by atoms with E-state index in [2.05, 4.69) is 0 Å². The molecule has 2 amide bonds. The summed E-state index contributed by atoms with van der Waals surface area (Å²) in [7, 11) is 0. The third-order valence-corrected chi connectivity index (χ3v) is 5.89. The van der Waals surface area contributed by atoms with E-state index in [-0.39, 0.29) is 22.9 Å². The van der Waals surface area contributed by atoms with Crippen molar-refractivity contribution in [2.24, 2.45) is 5.73 Å². The first-order valence-corrected chi connectivity index (χ1v) is 9.59. The number of benzene rings is 2. The molecule has 0 bridgehead atoms. The maximum Gasteiger partial charge on any atom is 0.262 e. The van der Waals surface area contributed by atoms with Crippen LogP contribution in [-0.2, 0) is 16.0 Å². The molecule has 2 aromatic rings. The van der Waals surface area contributed by atoms with Gasteiger partial charge >= 0.3 is 0 Å². The van der Waals surface area contributed by atoms with Crippen LogP contribution in [0.5, 0.6) is 0 Å². The van der Waals surface area contributed by atoms with E-state index in [1.165, 1.54) is 29.2 Å². The molecule has 0 saturated carbocycles. The van der Waals surface area contributed by atoms with Crippen LogP contribution >= 0.6 is 35.0 Å². The second-order valence-corrected chi connectivity index (χ2v) is 7.89. The van der Waals surface area contributed by atoms with Crippen LogP contribution in [0.4, 0.5) is 10.1 Å². The molecule has 0 radical (unpaired) electrons. The molecule has 1 aliphatic rings. The Labute approximate surface area is 174 Å². The van der Waals surface area contributed by atoms with Gasteiger partial charge in [-0.1, -0.05) is 35.0 Å². The number of nitrogens with two attached hydrogens (primary N) is 1. The number of primary amides is 1. The van der Waals surface area contributed by atoms with Crippen molar-refractivity contribution in [1.82, 2.24) is 0 Å². The zero-order chi connectivity index (χ0) is 20.4. The fraction of sp³-hybridized carbons (Fsp3) is 0.105. The van der Waals surface area contributed by atoms with Gasteiger partial charge in [-0.05, 0) is 54.4 Å². The minimum Gasteiger partial charge on any atom is -0.365 e. The van der Waals surface area contributed by atoms with Gasteiger partial charge in [0.1, 0.15) is 22.5 Å². The van der Waals surface area contributed by atoms with Crippen molar-refractivity contribution in [3.05, 3.63) is 74.5 Å². The number of hydrogen-bond acceptors (Lipinski definition) is 4. The minimum absolute atomic E-state index is 0.106. The van der Waals surface area contributed by atoms with Crippen molar-refractivity contribution in [3.8, 4) is 6.07 Å². The highest BCUT2D eigenvalue weighted by atomic mass is 35.5. The Morgan fingerprint density at radius 3 is 2.54 bits per heavy atom. The topological polar surface area (TPSA) is 87.2 Å².